The van der Waals surface area contributed by atoms with E-state index in [2.05, 4.69) is 31.1 Å². The van der Waals surface area contributed by atoms with Crippen molar-refractivity contribution in [3.05, 3.63) is 40.5 Å². The van der Waals surface area contributed by atoms with Gasteiger partial charge in [-0.3, -0.25) is 4.79 Å². The normalized spacial score (nSPS) is 14.0. The molecule has 0 atom stereocenters. The van der Waals surface area contributed by atoms with Crippen molar-refractivity contribution in [3.63, 3.8) is 0 Å². The SMILES string of the molecule is CCOc1c(Br)cc(C(=O)Nc2ccc(N3CCOCC3)nc2)cc1OC. The second-order valence-electron chi connectivity index (χ2n) is 5.88. The average Bonchev–Trinajstić information content (AvgIpc) is 2.70. The van der Waals surface area contributed by atoms with Crippen molar-refractivity contribution in [2.75, 3.05) is 50.2 Å². The van der Waals surface area contributed by atoms with Crippen molar-refractivity contribution < 1.29 is 19.0 Å². The zero-order valence-electron chi connectivity index (χ0n) is 15.3. The number of benzene rings is 1. The Morgan fingerprint density at radius 1 is 1.33 bits per heavy atom. The summed E-state index contributed by atoms with van der Waals surface area (Å²) in [5.74, 6) is 1.70. The van der Waals surface area contributed by atoms with Gasteiger partial charge in [0.1, 0.15) is 5.82 Å². The van der Waals surface area contributed by atoms with E-state index < -0.39 is 0 Å². The molecule has 0 spiro atoms. The summed E-state index contributed by atoms with van der Waals surface area (Å²) in [6.45, 7) is 5.43. The monoisotopic (exact) mass is 435 g/mol. The largest absolute Gasteiger partial charge is 0.493 e. The van der Waals surface area contributed by atoms with Gasteiger partial charge in [0.05, 0.1) is 43.3 Å². The Hall–Kier alpha value is -2.32. The molecule has 1 fully saturated rings. The molecule has 1 amide bonds. The van der Waals surface area contributed by atoms with Crippen LogP contribution < -0.4 is 19.7 Å². The van der Waals surface area contributed by atoms with Crippen molar-refractivity contribution in [2.24, 2.45) is 0 Å². The number of nitrogens with one attached hydrogen (secondary N) is 1. The first kappa shape index (κ1) is 19.4. The summed E-state index contributed by atoms with van der Waals surface area (Å²) in [5, 5.41) is 2.86. The fourth-order valence-electron chi connectivity index (χ4n) is 2.78. The number of pyridine rings is 1. The number of carbonyl (C=O) groups is 1. The molecule has 144 valence electrons. The standard InChI is InChI=1S/C19H22BrN3O4/c1-3-27-18-15(20)10-13(11-16(18)25-2)19(24)22-14-4-5-17(21-12-14)23-6-8-26-9-7-23/h4-5,10-12H,3,6-9H2,1-2H3,(H,22,24). The van der Waals surface area contributed by atoms with Crippen LogP contribution >= 0.6 is 15.9 Å². The van der Waals surface area contributed by atoms with Crippen molar-refractivity contribution in [2.45, 2.75) is 6.92 Å². The van der Waals surface area contributed by atoms with E-state index in [9.17, 15) is 4.79 Å². The Kier molecular flexibility index (Phi) is 6.52. The van der Waals surface area contributed by atoms with Gasteiger partial charge in [0.2, 0.25) is 0 Å². The van der Waals surface area contributed by atoms with Crippen molar-refractivity contribution in [1.29, 1.82) is 0 Å². The molecule has 1 aromatic heterocycles. The molecule has 0 saturated carbocycles. The van der Waals surface area contributed by atoms with E-state index >= 15 is 0 Å². The van der Waals surface area contributed by atoms with Crippen LogP contribution in [0.5, 0.6) is 11.5 Å². The van der Waals surface area contributed by atoms with Gasteiger partial charge in [-0.15, -0.1) is 0 Å². The molecular formula is C19H22BrN3O4. The van der Waals surface area contributed by atoms with Gasteiger partial charge in [0, 0.05) is 18.7 Å². The minimum absolute atomic E-state index is 0.252. The molecule has 0 radical (unpaired) electrons. The molecule has 27 heavy (non-hydrogen) atoms. The maximum atomic E-state index is 12.6. The summed E-state index contributed by atoms with van der Waals surface area (Å²) in [6, 6.07) is 7.10. The van der Waals surface area contributed by atoms with E-state index in [1.807, 2.05) is 19.1 Å². The number of amides is 1. The predicted molar refractivity (Wildman–Crippen MR) is 107 cm³/mol. The Balaban J connectivity index is 1.72. The summed E-state index contributed by atoms with van der Waals surface area (Å²) in [7, 11) is 1.54. The summed E-state index contributed by atoms with van der Waals surface area (Å²) in [4.78, 5) is 19.2. The molecule has 0 bridgehead atoms. The van der Waals surface area contributed by atoms with Crippen molar-refractivity contribution in [3.8, 4) is 11.5 Å². The topological polar surface area (TPSA) is 72.9 Å². The van der Waals surface area contributed by atoms with Gasteiger partial charge in [-0.2, -0.15) is 0 Å². The fraction of sp³-hybridized carbons (Fsp3) is 0.368. The predicted octanol–water partition coefficient (Wildman–Crippen LogP) is 3.34. The highest BCUT2D eigenvalue weighted by molar-refractivity contribution is 9.10. The Morgan fingerprint density at radius 3 is 2.74 bits per heavy atom. The maximum Gasteiger partial charge on any atom is 0.255 e. The van der Waals surface area contributed by atoms with Gasteiger partial charge < -0.3 is 24.4 Å². The van der Waals surface area contributed by atoms with Crippen LogP contribution in [0.1, 0.15) is 17.3 Å². The van der Waals surface area contributed by atoms with E-state index in [4.69, 9.17) is 14.2 Å². The third kappa shape index (κ3) is 4.70. The highest BCUT2D eigenvalue weighted by Crippen LogP contribution is 2.36. The molecule has 0 aliphatic carbocycles. The summed E-state index contributed by atoms with van der Waals surface area (Å²) in [5.41, 5.74) is 1.08. The molecule has 1 N–H and O–H groups in total. The quantitative estimate of drug-likeness (QED) is 0.749. The number of rotatable bonds is 6. The fourth-order valence-corrected chi connectivity index (χ4v) is 3.33. The number of methoxy groups -OCH3 is 1. The minimum Gasteiger partial charge on any atom is -0.493 e. The molecule has 8 heteroatoms. The molecule has 1 aromatic carbocycles. The lowest BCUT2D eigenvalue weighted by atomic mass is 10.2. The minimum atomic E-state index is -0.252. The van der Waals surface area contributed by atoms with E-state index in [1.165, 1.54) is 0 Å². The van der Waals surface area contributed by atoms with Crippen LogP contribution in [0.2, 0.25) is 0 Å². The van der Waals surface area contributed by atoms with Crippen LogP contribution in [0, 0.1) is 0 Å². The lowest BCUT2D eigenvalue weighted by molar-refractivity contribution is 0.102. The van der Waals surface area contributed by atoms with Crippen LogP contribution in [0.25, 0.3) is 0 Å². The Morgan fingerprint density at radius 2 is 2.11 bits per heavy atom. The third-order valence-electron chi connectivity index (χ3n) is 4.12. The van der Waals surface area contributed by atoms with Crippen LogP contribution in [0.15, 0.2) is 34.9 Å². The van der Waals surface area contributed by atoms with Gasteiger partial charge in [-0.25, -0.2) is 4.98 Å². The second-order valence-corrected chi connectivity index (χ2v) is 6.74. The number of aromatic nitrogens is 1. The number of carbonyl (C=O) groups excluding carboxylic acids is 1. The van der Waals surface area contributed by atoms with Crippen LogP contribution in [-0.4, -0.2) is 50.9 Å². The summed E-state index contributed by atoms with van der Waals surface area (Å²) >= 11 is 3.43. The third-order valence-corrected chi connectivity index (χ3v) is 4.71. The van der Waals surface area contributed by atoms with Gasteiger partial charge >= 0.3 is 0 Å². The molecule has 1 aliphatic heterocycles. The van der Waals surface area contributed by atoms with E-state index in [0.29, 0.717) is 47.0 Å². The first-order valence-corrected chi connectivity index (χ1v) is 9.52. The Bertz CT molecular complexity index is 792. The van der Waals surface area contributed by atoms with Gasteiger partial charge in [0.15, 0.2) is 11.5 Å². The summed E-state index contributed by atoms with van der Waals surface area (Å²) < 4.78 is 16.9. The van der Waals surface area contributed by atoms with Crippen molar-refractivity contribution in [1.82, 2.24) is 4.98 Å². The average molecular weight is 436 g/mol. The van der Waals surface area contributed by atoms with E-state index in [-0.39, 0.29) is 5.91 Å². The number of halogens is 1. The molecule has 3 rings (SSSR count). The molecule has 1 saturated heterocycles. The maximum absolute atomic E-state index is 12.6. The van der Waals surface area contributed by atoms with Crippen LogP contribution in [0.4, 0.5) is 11.5 Å². The van der Waals surface area contributed by atoms with Gasteiger partial charge in [0.25, 0.3) is 5.91 Å². The highest BCUT2D eigenvalue weighted by atomic mass is 79.9. The zero-order chi connectivity index (χ0) is 19.2. The molecule has 1 aliphatic rings. The Labute approximate surface area is 166 Å². The molecular weight excluding hydrogens is 414 g/mol. The first-order chi connectivity index (χ1) is 13.1. The molecule has 2 aromatic rings. The number of hydrogen-bond acceptors (Lipinski definition) is 6. The summed E-state index contributed by atoms with van der Waals surface area (Å²) in [6.07, 6.45) is 1.66. The van der Waals surface area contributed by atoms with Crippen LogP contribution in [0.3, 0.4) is 0 Å². The van der Waals surface area contributed by atoms with Crippen molar-refractivity contribution >= 4 is 33.3 Å². The molecule has 7 nitrogen and oxygen atoms in total. The molecule has 0 unspecified atom stereocenters. The lowest BCUT2D eigenvalue weighted by Crippen LogP contribution is -2.36. The number of nitrogens with zero attached hydrogens (tertiary/aromatic N) is 2. The number of anilines is 2. The van der Waals surface area contributed by atoms with E-state index in [0.717, 1.165) is 18.9 Å². The van der Waals surface area contributed by atoms with Gasteiger partial charge in [-0.05, 0) is 47.1 Å². The number of ether oxygens (including phenoxy) is 3. The number of morpholine rings is 1. The second kappa shape index (κ2) is 9.05. The highest BCUT2D eigenvalue weighted by Gasteiger charge is 2.16. The zero-order valence-corrected chi connectivity index (χ0v) is 16.9. The lowest BCUT2D eigenvalue weighted by Gasteiger charge is -2.27. The molecule has 2 heterocycles. The number of hydrogen-bond donors (Lipinski definition) is 1. The van der Waals surface area contributed by atoms with Crippen LogP contribution in [-0.2, 0) is 4.74 Å². The smallest absolute Gasteiger partial charge is 0.255 e. The first-order valence-electron chi connectivity index (χ1n) is 8.72. The van der Waals surface area contributed by atoms with Gasteiger partial charge in [-0.1, -0.05) is 0 Å². The van der Waals surface area contributed by atoms with E-state index in [1.54, 1.807) is 25.4 Å².